The summed E-state index contributed by atoms with van der Waals surface area (Å²) in [5.74, 6) is 0.981. The normalized spacial score (nSPS) is 18.4. The van der Waals surface area contributed by atoms with Crippen molar-refractivity contribution in [2.24, 2.45) is 0 Å². The molecule has 2 rings (SSSR count). The first kappa shape index (κ1) is 15.8. The van der Waals surface area contributed by atoms with E-state index in [0.717, 1.165) is 49.4 Å². The number of benzene rings is 1. The van der Waals surface area contributed by atoms with Crippen LogP contribution < -0.4 is 10.1 Å². The molecule has 1 atom stereocenters. The van der Waals surface area contributed by atoms with Gasteiger partial charge < -0.3 is 14.8 Å². The molecular weight excluding hydrogens is 318 g/mol. The first-order chi connectivity index (χ1) is 9.79. The van der Waals surface area contributed by atoms with E-state index in [1.54, 1.807) is 0 Å². The van der Waals surface area contributed by atoms with Crippen LogP contribution in [0.15, 0.2) is 22.7 Å². The average molecular weight is 342 g/mol. The maximum absolute atomic E-state index is 5.94. The van der Waals surface area contributed by atoms with Crippen LogP contribution in [0.3, 0.4) is 0 Å². The Labute approximate surface area is 130 Å². The summed E-state index contributed by atoms with van der Waals surface area (Å²) >= 11 is 3.52. The van der Waals surface area contributed by atoms with Crippen molar-refractivity contribution in [1.82, 2.24) is 5.32 Å². The van der Waals surface area contributed by atoms with Gasteiger partial charge in [0, 0.05) is 29.6 Å². The second-order valence-corrected chi connectivity index (χ2v) is 6.12. The van der Waals surface area contributed by atoms with Gasteiger partial charge in [-0.05, 0) is 44.0 Å². The van der Waals surface area contributed by atoms with Gasteiger partial charge in [0.15, 0.2) is 0 Å². The predicted octanol–water partition coefficient (Wildman–Crippen LogP) is 3.90. The van der Waals surface area contributed by atoms with Crippen molar-refractivity contribution in [3.05, 3.63) is 28.2 Å². The molecule has 1 saturated heterocycles. The lowest BCUT2D eigenvalue weighted by Crippen LogP contribution is -2.16. The highest BCUT2D eigenvalue weighted by atomic mass is 79.9. The van der Waals surface area contributed by atoms with Crippen LogP contribution in [-0.2, 0) is 11.3 Å². The highest BCUT2D eigenvalue weighted by molar-refractivity contribution is 9.10. The third kappa shape index (κ3) is 5.08. The van der Waals surface area contributed by atoms with Gasteiger partial charge in [-0.1, -0.05) is 22.9 Å². The van der Waals surface area contributed by atoms with Crippen molar-refractivity contribution in [3.63, 3.8) is 0 Å². The molecule has 1 N–H and O–H groups in total. The third-order valence-electron chi connectivity index (χ3n) is 3.49. The predicted molar refractivity (Wildman–Crippen MR) is 85.2 cm³/mol. The van der Waals surface area contributed by atoms with E-state index in [1.165, 1.54) is 18.4 Å². The summed E-state index contributed by atoms with van der Waals surface area (Å²) in [6.07, 6.45) is 4.89. The Morgan fingerprint density at radius 2 is 2.35 bits per heavy atom. The molecule has 0 bridgehead atoms. The van der Waals surface area contributed by atoms with Crippen LogP contribution in [0.4, 0.5) is 0 Å². The van der Waals surface area contributed by atoms with Crippen LogP contribution >= 0.6 is 15.9 Å². The Balaban J connectivity index is 1.84. The van der Waals surface area contributed by atoms with Gasteiger partial charge >= 0.3 is 0 Å². The zero-order chi connectivity index (χ0) is 14.2. The Hall–Kier alpha value is -0.580. The molecule has 1 aliphatic heterocycles. The minimum atomic E-state index is 0.395. The first-order valence-electron chi connectivity index (χ1n) is 7.53. The quantitative estimate of drug-likeness (QED) is 0.727. The topological polar surface area (TPSA) is 30.5 Å². The number of halogens is 1. The molecule has 1 aliphatic rings. The summed E-state index contributed by atoms with van der Waals surface area (Å²) in [6.45, 7) is 5.69. The minimum absolute atomic E-state index is 0.395. The summed E-state index contributed by atoms with van der Waals surface area (Å²) in [5.41, 5.74) is 1.21. The zero-order valence-electron chi connectivity index (χ0n) is 12.2. The van der Waals surface area contributed by atoms with Gasteiger partial charge in [-0.2, -0.15) is 0 Å². The molecule has 1 heterocycles. The molecule has 20 heavy (non-hydrogen) atoms. The minimum Gasteiger partial charge on any atom is -0.493 e. The van der Waals surface area contributed by atoms with Crippen LogP contribution in [0, 0.1) is 0 Å². The van der Waals surface area contributed by atoms with Gasteiger partial charge in [-0.3, -0.25) is 0 Å². The third-order valence-corrected chi connectivity index (χ3v) is 3.98. The fraction of sp³-hybridized carbons (Fsp3) is 0.625. The second kappa shape index (κ2) is 8.65. The zero-order valence-corrected chi connectivity index (χ0v) is 13.7. The molecule has 112 valence electrons. The summed E-state index contributed by atoms with van der Waals surface area (Å²) in [6, 6.07) is 6.21. The maximum atomic E-state index is 5.94. The van der Waals surface area contributed by atoms with Gasteiger partial charge in [-0.25, -0.2) is 0 Å². The monoisotopic (exact) mass is 341 g/mol. The van der Waals surface area contributed by atoms with Crippen molar-refractivity contribution >= 4 is 15.9 Å². The van der Waals surface area contributed by atoms with Crippen LogP contribution in [-0.4, -0.2) is 25.9 Å². The van der Waals surface area contributed by atoms with E-state index >= 15 is 0 Å². The van der Waals surface area contributed by atoms with Crippen molar-refractivity contribution in [2.75, 3.05) is 19.8 Å². The molecule has 1 aromatic rings. The SMILES string of the molecule is CCCNCc1cc(Br)ccc1OCCC1CCCO1. The van der Waals surface area contributed by atoms with Gasteiger partial charge in [0.2, 0.25) is 0 Å². The molecule has 1 aromatic carbocycles. The van der Waals surface area contributed by atoms with E-state index in [2.05, 4.69) is 34.2 Å². The summed E-state index contributed by atoms with van der Waals surface area (Å²) in [5, 5.41) is 3.42. The van der Waals surface area contributed by atoms with Crippen LogP contribution in [0.2, 0.25) is 0 Å². The van der Waals surface area contributed by atoms with Gasteiger partial charge in [0.05, 0.1) is 12.7 Å². The molecule has 3 nitrogen and oxygen atoms in total. The number of nitrogens with one attached hydrogen (secondary N) is 1. The Bertz CT molecular complexity index is 405. The van der Waals surface area contributed by atoms with E-state index in [1.807, 2.05) is 12.1 Å². The summed E-state index contributed by atoms with van der Waals surface area (Å²) in [7, 11) is 0. The standard InChI is InChI=1S/C16H24BrNO2/c1-2-8-18-12-13-11-14(17)5-6-16(13)20-10-7-15-4-3-9-19-15/h5-6,11,15,18H,2-4,7-10,12H2,1H3. The molecule has 0 aliphatic carbocycles. The second-order valence-electron chi connectivity index (χ2n) is 5.20. The lowest BCUT2D eigenvalue weighted by Gasteiger charge is -2.14. The lowest BCUT2D eigenvalue weighted by molar-refractivity contribution is 0.0902. The molecule has 0 amide bonds. The lowest BCUT2D eigenvalue weighted by atomic mass is 10.2. The summed E-state index contributed by atoms with van der Waals surface area (Å²) < 4.78 is 12.7. The smallest absolute Gasteiger partial charge is 0.123 e. The number of hydrogen-bond donors (Lipinski definition) is 1. The van der Waals surface area contributed by atoms with Crippen molar-refractivity contribution in [1.29, 1.82) is 0 Å². The van der Waals surface area contributed by atoms with Crippen molar-refractivity contribution in [3.8, 4) is 5.75 Å². The highest BCUT2D eigenvalue weighted by Gasteiger charge is 2.15. The maximum Gasteiger partial charge on any atom is 0.123 e. The number of ether oxygens (including phenoxy) is 2. The average Bonchev–Trinajstić information content (AvgIpc) is 2.95. The molecule has 4 heteroatoms. The fourth-order valence-corrected chi connectivity index (χ4v) is 2.81. The van der Waals surface area contributed by atoms with E-state index in [9.17, 15) is 0 Å². The Kier molecular flexibility index (Phi) is 6.83. The Morgan fingerprint density at radius 1 is 1.45 bits per heavy atom. The van der Waals surface area contributed by atoms with Gasteiger partial charge in [-0.15, -0.1) is 0 Å². The molecule has 1 fully saturated rings. The van der Waals surface area contributed by atoms with E-state index in [-0.39, 0.29) is 0 Å². The van der Waals surface area contributed by atoms with Crippen LogP contribution in [0.1, 0.15) is 38.2 Å². The van der Waals surface area contributed by atoms with E-state index < -0.39 is 0 Å². The van der Waals surface area contributed by atoms with Crippen molar-refractivity contribution < 1.29 is 9.47 Å². The molecule has 0 aromatic heterocycles. The molecule has 0 spiro atoms. The molecule has 1 unspecified atom stereocenters. The number of rotatable bonds is 8. The van der Waals surface area contributed by atoms with E-state index in [0.29, 0.717) is 6.10 Å². The largest absolute Gasteiger partial charge is 0.493 e. The van der Waals surface area contributed by atoms with E-state index in [4.69, 9.17) is 9.47 Å². The van der Waals surface area contributed by atoms with Crippen LogP contribution in [0.5, 0.6) is 5.75 Å². The number of hydrogen-bond acceptors (Lipinski definition) is 3. The molecule has 0 radical (unpaired) electrons. The molecular formula is C16H24BrNO2. The molecule has 0 saturated carbocycles. The Morgan fingerprint density at radius 3 is 3.10 bits per heavy atom. The highest BCUT2D eigenvalue weighted by Crippen LogP contribution is 2.24. The van der Waals surface area contributed by atoms with Gasteiger partial charge in [0.1, 0.15) is 5.75 Å². The van der Waals surface area contributed by atoms with Gasteiger partial charge in [0.25, 0.3) is 0 Å². The summed E-state index contributed by atoms with van der Waals surface area (Å²) in [4.78, 5) is 0. The van der Waals surface area contributed by atoms with Crippen LogP contribution in [0.25, 0.3) is 0 Å². The fourth-order valence-electron chi connectivity index (χ4n) is 2.40. The first-order valence-corrected chi connectivity index (χ1v) is 8.32. The van der Waals surface area contributed by atoms with Crippen molar-refractivity contribution in [2.45, 2.75) is 45.3 Å².